The van der Waals surface area contributed by atoms with E-state index in [2.05, 4.69) is 20.9 Å². The molecule has 0 radical (unpaired) electrons. The SMILES string of the molecule is O=Cc1ccc(Sc2ccncc2)cc1Br. The van der Waals surface area contributed by atoms with Crippen LogP contribution < -0.4 is 0 Å². The number of hydrogen-bond acceptors (Lipinski definition) is 3. The molecule has 16 heavy (non-hydrogen) atoms. The van der Waals surface area contributed by atoms with Crippen molar-refractivity contribution in [2.24, 2.45) is 0 Å². The number of halogens is 1. The molecule has 0 amide bonds. The quantitative estimate of drug-likeness (QED) is 0.806. The first-order valence-corrected chi connectivity index (χ1v) is 6.23. The molecule has 0 unspecified atom stereocenters. The zero-order chi connectivity index (χ0) is 11.4. The van der Waals surface area contributed by atoms with Gasteiger partial charge in [0.05, 0.1) is 0 Å². The maximum Gasteiger partial charge on any atom is 0.151 e. The number of rotatable bonds is 3. The monoisotopic (exact) mass is 293 g/mol. The third-order valence-corrected chi connectivity index (χ3v) is 3.67. The molecule has 1 aromatic heterocycles. The maximum atomic E-state index is 10.7. The van der Waals surface area contributed by atoms with Gasteiger partial charge in [-0.05, 0) is 30.3 Å². The van der Waals surface area contributed by atoms with Crippen LogP contribution in [-0.4, -0.2) is 11.3 Å². The minimum absolute atomic E-state index is 0.666. The number of hydrogen-bond donors (Lipinski definition) is 0. The first-order valence-electron chi connectivity index (χ1n) is 4.62. The van der Waals surface area contributed by atoms with Gasteiger partial charge in [0.2, 0.25) is 0 Å². The number of carbonyl (C=O) groups excluding carboxylic acids is 1. The van der Waals surface area contributed by atoms with E-state index < -0.39 is 0 Å². The molecular formula is C12H8BrNOS. The van der Waals surface area contributed by atoms with Crippen molar-refractivity contribution >= 4 is 34.0 Å². The van der Waals surface area contributed by atoms with Crippen LogP contribution in [0.4, 0.5) is 0 Å². The zero-order valence-corrected chi connectivity index (χ0v) is 10.7. The highest BCUT2D eigenvalue weighted by Crippen LogP contribution is 2.30. The number of benzene rings is 1. The van der Waals surface area contributed by atoms with Gasteiger partial charge in [-0.2, -0.15) is 0 Å². The summed E-state index contributed by atoms with van der Waals surface area (Å²) >= 11 is 5.00. The van der Waals surface area contributed by atoms with E-state index in [1.165, 1.54) is 0 Å². The molecule has 1 heterocycles. The van der Waals surface area contributed by atoms with Crippen molar-refractivity contribution in [1.82, 2.24) is 4.98 Å². The van der Waals surface area contributed by atoms with Crippen molar-refractivity contribution in [1.29, 1.82) is 0 Å². The summed E-state index contributed by atoms with van der Waals surface area (Å²) in [4.78, 5) is 16.8. The summed E-state index contributed by atoms with van der Waals surface area (Å²) in [5.41, 5.74) is 0.666. The number of aldehydes is 1. The summed E-state index contributed by atoms with van der Waals surface area (Å²) in [5.74, 6) is 0. The van der Waals surface area contributed by atoms with Crippen LogP contribution in [0.25, 0.3) is 0 Å². The van der Waals surface area contributed by atoms with E-state index in [9.17, 15) is 4.79 Å². The van der Waals surface area contributed by atoms with Crippen molar-refractivity contribution in [3.8, 4) is 0 Å². The molecule has 80 valence electrons. The van der Waals surface area contributed by atoms with Gasteiger partial charge in [-0.3, -0.25) is 9.78 Å². The Labute approximate surface area is 106 Å². The molecule has 0 aliphatic carbocycles. The Morgan fingerprint density at radius 3 is 2.50 bits per heavy atom. The van der Waals surface area contributed by atoms with E-state index in [0.29, 0.717) is 5.56 Å². The molecule has 0 bridgehead atoms. The van der Waals surface area contributed by atoms with E-state index in [1.54, 1.807) is 30.2 Å². The van der Waals surface area contributed by atoms with Crippen LogP contribution in [0.3, 0.4) is 0 Å². The second kappa shape index (κ2) is 5.27. The third kappa shape index (κ3) is 2.71. The average Bonchev–Trinajstić information content (AvgIpc) is 2.31. The minimum atomic E-state index is 0.666. The molecule has 1 aromatic carbocycles. The van der Waals surface area contributed by atoms with Crippen molar-refractivity contribution in [3.63, 3.8) is 0 Å². The Hall–Kier alpha value is -1.13. The van der Waals surface area contributed by atoms with Gasteiger partial charge in [0.1, 0.15) is 0 Å². The predicted octanol–water partition coefficient (Wildman–Crippen LogP) is 3.81. The first kappa shape index (κ1) is 11.4. The van der Waals surface area contributed by atoms with Crippen molar-refractivity contribution in [3.05, 3.63) is 52.8 Å². The summed E-state index contributed by atoms with van der Waals surface area (Å²) in [6.45, 7) is 0. The summed E-state index contributed by atoms with van der Waals surface area (Å²) in [7, 11) is 0. The highest BCUT2D eigenvalue weighted by molar-refractivity contribution is 9.10. The topological polar surface area (TPSA) is 30.0 Å². The molecular weight excluding hydrogens is 286 g/mol. The molecule has 2 rings (SSSR count). The van der Waals surface area contributed by atoms with Gasteiger partial charge in [0.25, 0.3) is 0 Å². The van der Waals surface area contributed by atoms with E-state index in [1.807, 2.05) is 24.3 Å². The van der Waals surface area contributed by atoms with Crippen LogP contribution in [-0.2, 0) is 0 Å². The van der Waals surface area contributed by atoms with Crippen molar-refractivity contribution in [2.45, 2.75) is 9.79 Å². The Bertz CT molecular complexity index is 502. The standard InChI is InChI=1S/C12H8BrNOS/c13-12-7-11(2-1-9(12)8-15)16-10-3-5-14-6-4-10/h1-8H. The molecule has 0 fully saturated rings. The van der Waals surface area contributed by atoms with Crippen LogP contribution in [0.2, 0.25) is 0 Å². The van der Waals surface area contributed by atoms with Crippen LogP contribution in [0.1, 0.15) is 10.4 Å². The van der Waals surface area contributed by atoms with Gasteiger partial charge in [0, 0.05) is 32.2 Å². The molecule has 0 aliphatic heterocycles. The van der Waals surface area contributed by atoms with Gasteiger partial charge in [-0.25, -0.2) is 0 Å². The highest BCUT2D eigenvalue weighted by atomic mass is 79.9. The molecule has 2 nitrogen and oxygen atoms in total. The van der Waals surface area contributed by atoms with Crippen molar-refractivity contribution < 1.29 is 4.79 Å². The molecule has 0 aliphatic rings. The number of nitrogens with zero attached hydrogens (tertiary/aromatic N) is 1. The largest absolute Gasteiger partial charge is 0.298 e. The van der Waals surface area contributed by atoms with Crippen molar-refractivity contribution in [2.75, 3.05) is 0 Å². The van der Waals surface area contributed by atoms with Gasteiger partial charge in [0.15, 0.2) is 6.29 Å². The van der Waals surface area contributed by atoms with Crippen LogP contribution in [0.15, 0.2) is 57.0 Å². The van der Waals surface area contributed by atoms with Gasteiger partial charge in [-0.1, -0.05) is 27.7 Å². The molecule has 0 saturated heterocycles. The average molecular weight is 294 g/mol. The minimum Gasteiger partial charge on any atom is -0.298 e. The summed E-state index contributed by atoms with van der Waals surface area (Å²) in [6.07, 6.45) is 4.36. The smallest absolute Gasteiger partial charge is 0.151 e. The lowest BCUT2D eigenvalue weighted by atomic mass is 10.2. The Kier molecular flexibility index (Phi) is 3.74. The molecule has 0 spiro atoms. The fraction of sp³-hybridized carbons (Fsp3) is 0. The lowest BCUT2D eigenvalue weighted by molar-refractivity contribution is 0.112. The van der Waals surface area contributed by atoms with Crippen LogP contribution >= 0.6 is 27.7 Å². The maximum absolute atomic E-state index is 10.7. The van der Waals surface area contributed by atoms with E-state index >= 15 is 0 Å². The van der Waals surface area contributed by atoms with Crippen LogP contribution in [0.5, 0.6) is 0 Å². The Morgan fingerprint density at radius 1 is 1.12 bits per heavy atom. The van der Waals surface area contributed by atoms with Gasteiger partial charge < -0.3 is 0 Å². The Morgan fingerprint density at radius 2 is 1.88 bits per heavy atom. The summed E-state index contributed by atoms with van der Waals surface area (Å²) < 4.78 is 0.821. The first-order chi connectivity index (χ1) is 7.79. The zero-order valence-electron chi connectivity index (χ0n) is 8.26. The lowest BCUT2D eigenvalue weighted by Gasteiger charge is -2.03. The number of pyridine rings is 1. The molecule has 0 N–H and O–H groups in total. The predicted molar refractivity (Wildman–Crippen MR) is 67.9 cm³/mol. The van der Waals surface area contributed by atoms with Crippen LogP contribution in [0, 0.1) is 0 Å². The van der Waals surface area contributed by atoms with E-state index in [4.69, 9.17) is 0 Å². The highest BCUT2D eigenvalue weighted by Gasteiger charge is 2.01. The van der Waals surface area contributed by atoms with Gasteiger partial charge in [-0.15, -0.1) is 0 Å². The molecule has 0 atom stereocenters. The third-order valence-electron chi connectivity index (χ3n) is 1.98. The second-order valence-electron chi connectivity index (χ2n) is 3.09. The summed E-state index contributed by atoms with van der Waals surface area (Å²) in [5, 5.41) is 0. The van der Waals surface area contributed by atoms with E-state index in [0.717, 1.165) is 20.5 Å². The number of carbonyl (C=O) groups is 1. The van der Waals surface area contributed by atoms with E-state index in [-0.39, 0.29) is 0 Å². The number of aromatic nitrogens is 1. The normalized spacial score (nSPS) is 10.1. The van der Waals surface area contributed by atoms with Gasteiger partial charge >= 0.3 is 0 Å². The second-order valence-corrected chi connectivity index (χ2v) is 5.09. The molecule has 0 saturated carbocycles. The summed E-state index contributed by atoms with van der Waals surface area (Å²) in [6, 6.07) is 9.58. The lowest BCUT2D eigenvalue weighted by Crippen LogP contribution is -1.82. The fourth-order valence-corrected chi connectivity index (χ4v) is 2.68. The Balaban J connectivity index is 2.23. The molecule has 2 aromatic rings. The fourth-order valence-electron chi connectivity index (χ4n) is 1.21. The molecule has 4 heteroatoms.